The Balaban J connectivity index is 1.57. The maximum Gasteiger partial charge on any atom is 0.119 e. The standard InChI is InChI=1S/C22H26O2S/c23-21-11-9-17(13-19(21)15-5-1-2-6-15)25-18-10-12-22(24)20(14-18)16-7-3-4-8-16/h9-16,23-24H,1-8H2. The number of phenolic OH excluding ortho intramolecular Hbond substituents is 2. The van der Waals surface area contributed by atoms with E-state index in [4.69, 9.17) is 0 Å². The van der Waals surface area contributed by atoms with Gasteiger partial charge in [0.25, 0.3) is 0 Å². The van der Waals surface area contributed by atoms with E-state index in [1.165, 1.54) is 61.2 Å². The van der Waals surface area contributed by atoms with Crippen molar-refractivity contribution in [2.45, 2.75) is 73.0 Å². The molecule has 0 saturated heterocycles. The van der Waals surface area contributed by atoms with Gasteiger partial charge in [-0.2, -0.15) is 0 Å². The maximum atomic E-state index is 10.2. The van der Waals surface area contributed by atoms with Crippen LogP contribution in [-0.4, -0.2) is 10.2 Å². The van der Waals surface area contributed by atoms with Gasteiger partial charge in [0.1, 0.15) is 11.5 Å². The van der Waals surface area contributed by atoms with E-state index in [2.05, 4.69) is 12.1 Å². The highest BCUT2D eigenvalue weighted by Gasteiger charge is 2.22. The van der Waals surface area contributed by atoms with Crippen molar-refractivity contribution >= 4 is 11.8 Å². The van der Waals surface area contributed by atoms with Crippen LogP contribution in [0.2, 0.25) is 0 Å². The first-order valence-electron chi connectivity index (χ1n) is 9.54. The molecule has 0 spiro atoms. The van der Waals surface area contributed by atoms with Gasteiger partial charge in [0.15, 0.2) is 0 Å². The molecular formula is C22H26O2S. The monoisotopic (exact) mass is 354 g/mol. The summed E-state index contributed by atoms with van der Waals surface area (Å²) < 4.78 is 0. The summed E-state index contributed by atoms with van der Waals surface area (Å²) in [5.41, 5.74) is 2.22. The Morgan fingerprint density at radius 3 is 1.44 bits per heavy atom. The van der Waals surface area contributed by atoms with Crippen LogP contribution in [0, 0.1) is 0 Å². The highest BCUT2D eigenvalue weighted by molar-refractivity contribution is 7.99. The number of benzene rings is 2. The Labute approximate surface area is 154 Å². The predicted molar refractivity (Wildman–Crippen MR) is 103 cm³/mol. The Morgan fingerprint density at radius 2 is 1.04 bits per heavy atom. The molecule has 3 heteroatoms. The molecule has 0 bridgehead atoms. The van der Waals surface area contributed by atoms with E-state index < -0.39 is 0 Å². The third-order valence-electron chi connectivity index (χ3n) is 5.82. The second-order valence-corrected chi connectivity index (χ2v) is 8.65. The van der Waals surface area contributed by atoms with E-state index in [9.17, 15) is 10.2 Å². The van der Waals surface area contributed by atoms with E-state index in [1.807, 2.05) is 24.3 Å². The first-order chi connectivity index (χ1) is 12.2. The second-order valence-electron chi connectivity index (χ2n) is 7.51. The first kappa shape index (κ1) is 16.8. The Hall–Kier alpha value is -1.61. The van der Waals surface area contributed by atoms with Crippen LogP contribution in [0.15, 0.2) is 46.2 Å². The Kier molecular flexibility index (Phi) is 4.93. The topological polar surface area (TPSA) is 40.5 Å². The van der Waals surface area contributed by atoms with Gasteiger partial charge in [-0.1, -0.05) is 37.4 Å². The van der Waals surface area contributed by atoms with Crippen LogP contribution in [0.4, 0.5) is 0 Å². The quantitative estimate of drug-likeness (QED) is 0.653. The average Bonchev–Trinajstić information content (AvgIpc) is 3.31. The van der Waals surface area contributed by atoms with Crippen LogP contribution in [0.25, 0.3) is 0 Å². The number of rotatable bonds is 4. The summed E-state index contributed by atoms with van der Waals surface area (Å²) in [5, 5.41) is 20.5. The Bertz CT molecular complexity index is 680. The van der Waals surface area contributed by atoms with Crippen LogP contribution in [0.5, 0.6) is 11.5 Å². The summed E-state index contributed by atoms with van der Waals surface area (Å²) in [6, 6.07) is 12.0. The van der Waals surface area contributed by atoms with Gasteiger partial charge in [-0.3, -0.25) is 0 Å². The fraction of sp³-hybridized carbons (Fsp3) is 0.455. The van der Waals surface area contributed by atoms with Crippen molar-refractivity contribution in [3.8, 4) is 11.5 Å². The highest BCUT2D eigenvalue weighted by atomic mass is 32.2. The van der Waals surface area contributed by atoms with Gasteiger partial charge in [-0.05, 0) is 85.0 Å². The molecule has 4 rings (SSSR count). The van der Waals surface area contributed by atoms with Gasteiger partial charge in [0, 0.05) is 9.79 Å². The fourth-order valence-electron chi connectivity index (χ4n) is 4.46. The largest absolute Gasteiger partial charge is 0.508 e. The van der Waals surface area contributed by atoms with Gasteiger partial charge >= 0.3 is 0 Å². The van der Waals surface area contributed by atoms with Crippen LogP contribution >= 0.6 is 11.8 Å². The minimum atomic E-state index is 0.439. The van der Waals surface area contributed by atoms with Gasteiger partial charge in [-0.15, -0.1) is 0 Å². The molecule has 2 fully saturated rings. The van der Waals surface area contributed by atoms with Crippen molar-refractivity contribution in [2.75, 3.05) is 0 Å². The van der Waals surface area contributed by atoms with E-state index in [0.29, 0.717) is 23.3 Å². The number of aromatic hydroxyl groups is 2. The fourth-order valence-corrected chi connectivity index (χ4v) is 5.37. The van der Waals surface area contributed by atoms with Crippen molar-refractivity contribution in [3.63, 3.8) is 0 Å². The lowest BCUT2D eigenvalue weighted by atomic mass is 9.97. The van der Waals surface area contributed by atoms with Gasteiger partial charge in [0.05, 0.1) is 0 Å². The highest BCUT2D eigenvalue weighted by Crippen LogP contribution is 2.43. The molecule has 0 amide bonds. The van der Waals surface area contributed by atoms with Crippen molar-refractivity contribution in [1.29, 1.82) is 0 Å². The lowest BCUT2D eigenvalue weighted by Crippen LogP contribution is -1.94. The molecule has 0 atom stereocenters. The van der Waals surface area contributed by atoms with Crippen molar-refractivity contribution in [2.24, 2.45) is 0 Å². The molecular weight excluding hydrogens is 328 g/mol. The van der Waals surface area contributed by atoms with E-state index in [-0.39, 0.29) is 0 Å². The molecule has 0 unspecified atom stereocenters. The van der Waals surface area contributed by atoms with Crippen LogP contribution in [0.3, 0.4) is 0 Å². The lowest BCUT2D eigenvalue weighted by Gasteiger charge is -2.15. The van der Waals surface area contributed by atoms with Crippen molar-refractivity contribution in [1.82, 2.24) is 0 Å². The number of hydrogen-bond acceptors (Lipinski definition) is 3. The smallest absolute Gasteiger partial charge is 0.119 e. The van der Waals surface area contributed by atoms with Crippen molar-refractivity contribution < 1.29 is 10.2 Å². The molecule has 2 aliphatic carbocycles. The molecule has 132 valence electrons. The maximum absolute atomic E-state index is 10.2. The molecule has 2 saturated carbocycles. The van der Waals surface area contributed by atoms with Gasteiger partial charge in [0.2, 0.25) is 0 Å². The number of phenols is 2. The van der Waals surface area contributed by atoms with Crippen LogP contribution in [-0.2, 0) is 0 Å². The lowest BCUT2D eigenvalue weighted by molar-refractivity contribution is 0.460. The summed E-state index contributed by atoms with van der Waals surface area (Å²) in [6.45, 7) is 0. The van der Waals surface area contributed by atoms with Crippen LogP contribution in [0.1, 0.15) is 74.3 Å². The van der Waals surface area contributed by atoms with Gasteiger partial charge < -0.3 is 10.2 Å². The van der Waals surface area contributed by atoms with E-state index in [1.54, 1.807) is 11.8 Å². The van der Waals surface area contributed by atoms with Gasteiger partial charge in [-0.25, -0.2) is 0 Å². The van der Waals surface area contributed by atoms with Crippen LogP contribution < -0.4 is 0 Å². The Morgan fingerprint density at radius 1 is 0.640 bits per heavy atom. The summed E-state index contributed by atoms with van der Waals surface area (Å²) in [7, 11) is 0. The molecule has 2 N–H and O–H groups in total. The molecule has 0 aromatic heterocycles. The molecule has 2 nitrogen and oxygen atoms in total. The molecule has 25 heavy (non-hydrogen) atoms. The zero-order chi connectivity index (χ0) is 17.2. The summed E-state index contributed by atoms with van der Waals surface area (Å²) in [4.78, 5) is 2.34. The molecule has 0 aliphatic heterocycles. The first-order valence-corrected chi connectivity index (χ1v) is 10.4. The van der Waals surface area contributed by atoms with Crippen molar-refractivity contribution in [3.05, 3.63) is 47.5 Å². The zero-order valence-corrected chi connectivity index (χ0v) is 15.4. The van der Waals surface area contributed by atoms with E-state index >= 15 is 0 Å². The molecule has 2 aliphatic rings. The number of hydrogen-bond donors (Lipinski definition) is 2. The molecule has 0 radical (unpaired) electrons. The molecule has 2 aromatic carbocycles. The molecule has 2 aromatic rings. The second kappa shape index (κ2) is 7.33. The third-order valence-corrected chi connectivity index (χ3v) is 6.80. The minimum absolute atomic E-state index is 0.439. The average molecular weight is 355 g/mol. The predicted octanol–water partition coefficient (Wildman–Crippen LogP) is 6.56. The SMILES string of the molecule is Oc1ccc(Sc2ccc(O)c(C3CCCC3)c2)cc1C1CCCC1. The zero-order valence-electron chi connectivity index (χ0n) is 14.6. The summed E-state index contributed by atoms with van der Waals surface area (Å²) in [5.74, 6) is 1.89. The summed E-state index contributed by atoms with van der Waals surface area (Å²) >= 11 is 1.73. The third kappa shape index (κ3) is 3.67. The normalized spacial score (nSPS) is 18.9. The minimum Gasteiger partial charge on any atom is -0.508 e. The van der Waals surface area contributed by atoms with E-state index in [0.717, 1.165) is 11.1 Å². The summed E-state index contributed by atoms with van der Waals surface area (Å²) in [6.07, 6.45) is 9.82. The molecule has 0 heterocycles.